The number of pyridine rings is 1. The summed E-state index contributed by atoms with van der Waals surface area (Å²) >= 11 is 6.09. The van der Waals surface area contributed by atoms with Crippen molar-refractivity contribution in [1.82, 2.24) is 24.1 Å². The van der Waals surface area contributed by atoms with Crippen molar-refractivity contribution in [3.63, 3.8) is 0 Å². The van der Waals surface area contributed by atoms with Crippen molar-refractivity contribution in [3.8, 4) is 23.0 Å². The van der Waals surface area contributed by atoms with E-state index in [-0.39, 0.29) is 10.6 Å². The maximum absolute atomic E-state index is 13.7. The molecule has 176 valence electrons. The molecule has 0 aliphatic carbocycles. The third-order valence-electron chi connectivity index (χ3n) is 5.99. The Morgan fingerprint density at radius 1 is 1.09 bits per heavy atom. The number of methoxy groups -OCH3 is 1. The van der Waals surface area contributed by atoms with Gasteiger partial charge in [-0.05, 0) is 55.7 Å². The average molecular weight is 488 g/mol. The van der Waals surface area contributed by atoms with Crippen LogP contribution in [0.25, 0.3) is 17.1 Å². The summed E-state index contributed by atoms with van der Waals surface area (Å²) in [6.45, 7) is 2.56. The van der Waals surface area contributed by atoms with Crippen LogP contribution in [0.3, 0.4) is 0 Å². The molecule has 0 amide bonds. The highest BCUT2D eigenvalue weighted by atomic mass is 35.5. The molecule has 1 aliphatic heterocycles. The van der Waals surface area contributed by atoms with Gasteiger partial charge in [0.05, 0.1) is 30.4 Å². The average Bonchev–Trinajstić information content (AvgIpc) is 3.43. The summed E-state index contributed by atoms with van der Waals surface area (Å²) in [5, 5.41) is 0.267. The molecule has 1 atom stereocenters. The summed E-state index contributed by atoms with van der Waals surface area (Å²) in [6.07, 6.45) is 2.18. The first-order chi connectivity index (χ1) is 16.2. The molecule has 0 N–H and O–H groups in total. The Balaban J connectivity index is 1.56. The number of nitrogens with zero attached hydrogens (tertiary/aromatic N) is 5. The molecular weight excluding hydrogens is 467 g/mol. The second-order valence-electron chi connectivity index (χ2n) is 8.25. The van der Waals surface area contributed by atoms with Gasteiger partial charge < -0.3 is 13.9 Å². The zero-order valence-electron chi connectivity index (χ0n) is 18.5. The van der Waals surface area contributed by atoms with Crippen molar-refractivity contribution in [3.05, 3.63) is 76.7 Å². The van der Waals surface area contributed by atoms with Crippen molar-refractivity contribution in [2.45, 2.75) is 38.4 Å². The number of benzene rings is 1. The zero-order chi connectivity index (χ0) is 24.0. The van der Waals surface area contributed by atoms with Crippen LogP contribution in [0.1, 0.15) is 41.4 Å². The second kappa shape index (κ2) is 8.47. The van der Waals surface area contributed by atoms with Crippen molar-refractivity contribution in [2.24, 2.45) is 0 Å². The maximum Gasteiger partial charge on any atom is 0.416 e. The monoisotopic (exact) mass is 487 g/mol. The fraction of sp³-hybridized carbons (Fsp3) is 0.292. The molecule has 5 rings (SSSR count). The predicted octanol–water partition coefficient (Wildman–Crippen LogP) is 6.05. The lowest BCUT2D eigenvalue weighted by atomic mass is 9.87. The minimum absolute atomic E-state index is 0.148. The molecule has 3 aromatic heterocycles. The Labute approximate surface area is 199 Å². The van der Waals surface area contributed by atoms with Crippen molar-refractivity contribution in [2.75, 3.05) is 7.11 Å². The standard InChI is InChI=1S/C24H21ClF3N5O/c1-14-11-33(13-29-14)21-8-7-19(31-23(21)34-2)20-12-32-9-3-4-16(22(32)30-20)17-10-15(25)5-6-18(17)24(26,27)28/h5-8,10-13,16H,3-4,9H2,1-2H3/t16-/m0/s1. The molecule has 0 spiro atoms. The molecule has 6 nitrogen and oxygen atoms in total. The zero-order valence-corrected chi connectivity index (χ0v) is 19.2. The molecule has 34 heavy (non-hydrogen) atoms. The van der Waals surface area contributed by atoms with E-state index in [1.807, 2.05) is 40.6 Å². The smallest absolute Gasteiger partial charge is 0.416 e. The number of alkyl halides is 3. The van der Waals surface area contributed by atoms with E-state index in [9.17, 15) is 13.2 Å². The molecule has 0 bridgehead atoms. The fourth-order valence-corrected chi connectivity index (χ4v) is 4.64. The lowest BCUT2D eigenvalue weighted by Gasteiger charge is -2.26. The molecule has 0 fully saturated rings. The summed E-state index contributed by atoms with van der Waals surface area (Å²) in [5.74, 6) is 0.448. The van der Waals surface area contributed by atoms with Crippen LogP contribution in [0.4, 0.5) is 13.2 Å². The van der Waals surface area contributed by atoms with Gasteiger partial charge in [0.2, 0.25) is 5.88 Å². The summed E-state index contributed by atoms with van der Waals surface area (Å²) in [6, 6.07) is 7.40. The largest absolute Gasteiger partial charge is 0.479 e. The molecule has 0 saturated heterocycles. The second-order valence-corrected chi connectivity index (χ2v) is 8.69. The van der Waals surface area contributed by atoms with E-state index in [1.165, 1.54) is 19.2 Å². The number of hydrogen-bond acceptors (Lipinski definition) is 4. The normalized spacial score (nSPS) is 15.9. The van der Waals surface area contributed by atoms with Crippen molar-refractivity contribution in [1.29, 1.82) is 0 Å². The first-order valence-corrected chi connectivity index (χ1v) is 11.1. The minimum atomic E-state index is -4.48. The van der Waals surface area contributed by atoms with E-state index in [0.29, 0.717) is 36.1 Å². The van der Waals surface area contributed by atoms with Crippen LogP contribution in [0, 0.1) is 6.92 Å². The lowest BCUT2D eigenvalue weighted by molar-refractivity contribution is -0.138. The Kier molecular flexibility index (Phi) is 5.59. The van der Waals surface area contributed by atoms with E-state index >= 15 is 0 Å². The van der Waals surface area contributed by atoms with Gasteiger partial charge in [-0.2, -0.15) is 13.2 Å². The third-order valence-corrected chi connectivity index (χ3v) is 6.23. The van der Waals surface area contributed by atoms with Gasteiger partial charge in [-0.1, -0.05) is 11.6 Å². The van der Waals surface area contributed by atoms with E-state index in [0.717, 1.165) is 23.9 Å². The van der Waals surface area contributed by atoms with Gasteiger partial charge in [0.1, 0.15) is 17.2 Å². The van der Waals surface area contributed by atoms with Crippen LogP contribution in [-0.4, -0.2) is 31.2 Å². The Bertz CT molecular complexity index is 1360. The van der Waals surface area contributed by atoms with Gasteiger partial charge in [0, 0.05) is 29.9 Å². The number of halogens is 4. The predicted molar refractivity (Wildman–Crippen MR) is 121 cm³/mol. The Morgan fingerprint density at radius 3 is 2.62 bits per heavy atom. The van der Waals surface area contributed by atoms with E-state index < -0.39 is 17.7 Å². The number of aromatic nitrogens is 5. The van der Waals surface area contributed by atoms with E-state index in [4.69, 9.17) is 21.3 Å². The summed E-state index contributed by atoms with van der Waals surface area (Å²) in [7, 11) is 1.53. The number of fused-ring (bicyclic) bond motifs is 1. The highest BCUT2D eigenvalue weighted by molar-refractivity contribution is 6.30. The SMILES string of the molecule is COc1nc(-c2cn3c(n2)[C@H](c2cc(Cl)ccc2C(F)(F)F)CCC3)ccc1-n1cnc(C)c1. The third kappa shape index (κ3) is 4.04. The van der Waals surface area contributed by atoms with Gasteiger partial charge >= 0.3 is 6.18 Å². The number of aryl methyl sites for hydroxylation is 2. The number of hydrogen-bond donors (Lipinski definition) is 0. The topological polar surface area (TPSA) is 57.8 Å². The minimum Gasteiger partial charge on any atom is -0.479 e. The highest BCUT2D eigenvalue weighted by Gasteiger charge is 2.37. The number of imidazole rings is 2. The molecule has 0 saturated carbocycles. The van der Waals surface area contributed by atoms with Gasteiger partial charge in [0.15, 0.2) is 0 Å². The molecule has 4 aromatic rings. The van der Waals surface area contributed by atoms with Crippen LogP contribution in [-0.2, 0) is 12.7 Å². The van der Waals surface area contributed by atoms with Crippen LogP contribution in [0.2, 0.25) is 5.02 Å². The van der Waals surface area contributed by atoms with E-state index in [2.05, 4.69) is 9.97 Å². The first-order valence-electron chi connectivity index (χ1n) is 10.7. The molecule has 10 heteroatoms. The van der Waals surface area contributed by atoms with Crippen molar-refractivity contribution < 1.29 is 17.9 Å². The summed E-state index contributed by atoms with van der Waals surface area (Å²) < 4.78 is 50.5. The number of ether oxygens (including phenoxy) is 1. The fourth-order valence-electron chi connectivity index (χ4n) is 4.46. The van der Waals surface area contributed by atoms with Crippen LogP contribution in [0.15, 0.2) is 49.1 Å². The first kappa shape index (κ1) is 22.5. The molecule has 0 radical (unpaired) electrons. The number of rotatable bonds is 4. The van der Waals surface area contributed by atoms with Gasteiger partial charge in [0.25, 0.3) is 0 Å². The molecular formula is C24H21ClF3N5O. The Hall–Kier alpha value is -3.33. The molecule has 1 aromatic carbocycles. The summed E-state index contributed by atoms with van der Waals surface area (Å²) in [4.78, 5) is 13.6. The maximum atomic E-state index is 13.7. The Morgan fingerprint density at radius 2 is 1.91 bits per heavy atom. The summed E-state index contributed by atoms with van der Waals surface area (Å²) in [5.41, 5.74) is 2.19. The van der Waals surface area contributed by atoms with Gasteiger partial charge in [-0.3, -0.25) is 0 Å². The van der Waals surface area contributed by atoms with Gasteiger partial charge in [-0.25, -0.2) is 15.0 Å². The molecule has 1 aliphatic rings. The van der Waals surface area contributed by atoms with Crippen LogP contribution >= 0.6 is 11.6 Å². The van der Waals surface area contributed by atoms with E-state index in [1.54, 1.807) is 6.33 Å². The van der Waals surface area contributed by atoms with Crippen LogP contribution in [0.5, 0.6) is 5.88 Å². The lowest BCUT2D eigenvalue weighted by Crippen LogP contribution is -2.20. The van der Waals surface area contributed by atoms with Crippen molar-refractivity contribution >= 4 is 11.6 Å². The highest BCUT2D eigenvalue weighted by Crippen LogP contribution is 2.42. The van der Waals surface area contributed by atoms with Crippen LogP contribution < -0.4 is 4.74 Å². The molecule has 0 unspecified atom stereocenters. The quantitative estimate of drug-likeness (QED) is 0.352. The molecule has 4 heterocycles. The van der Waals surface area contributed by atoms with Gasteiger partial charge in [-0.15, -0.1) is 0 Å².